The maximum Gasteiger partial charge on any atom is 0.145 e. The highest BCUT2D eigenvalue weighted by Gasteiger charge is 2.21. The van der Waals surface area contributed by atoms with Gasteiger partial charge in [0.05, 0.1) is 0 Å². The van der Waals surface area contributed by atoms with Crippen LogP contribution in [0.15, 0.2) is 0 Å². The summed E-state index contributed by atoms with van der Waals surface area (Å²) in [7, 11) is 0. The number of hydrogen-bond acceptors (Lipinski definition) is 4. The first kappa shape index (κ1) is 13.6. The molecule has 16 heavy (non-hydrogen) atoms. The Morgan fingerprint density at radius 3 is 2.38 bits per heavy atom. The molecule has 0 saturated carbocycles. The molecule has 1 aromatic rings. The molecule has 0 bridgehead atoms. The van der Waals surface area contributed by atoms with Gasteiger partial charge in [0.1, 0.15) is 10.8 Å². The minimum Gasteiger partial charge on any atom is -0.314 e. The summed E-state index contributed by atoms with van der Waals surface area (Å²) < 4.78 is 4.43. The van der Waals surface area contributed by atoms with Crippen LogP contribution in [0.1, 0.15) is 63.7 Å². The lowest BCUT2D eigenvalue weighted by Crippen LogP contribution is -2.31. The summed E-state index contributed by atoms with van der Waals surface area (Å²) in [6.07, 6.45) is 1.11. The van der Waals surface area contributed by atoms with E-state index in [-0.39, 0.29) is 0 Å². The number of nitrogens with zero attached hydrogens (tertiary/aromatic N) is 2. The fourth-order valence-corrected chi connectivity index (χ4v) is 2.92. The van der Waals surface area contributed by atoms with Crippen LogP contribution < -0.4 is 5.32 Å². The van der Waals surface area contributed by atoms with E-state index in [1.807, 2.05) is 0 Å². The van der Waals surface area contributed by atoms with E-state index in [1.165, 1.54) is 5.01 Å². The minimum absolute atomic E-state index is 0.428. The van der Waals surface area contributed by atoms with Crippen LogP contribution in [0.25, 0.3) is 0 Å². The average Bonchev–Trinajstić information content (AvgIpc) is 2.68. The number of hydrogen-bond donors (Lipinski definition) is 1. The fourth-order valence-electron chi connectivity index (χ4n) is 1.84. The second-order valence-corrected chi connectivity index (χ2v) is 5.29. The summed E-state index contributed by atoms with van der Waals surface area (Å²) in [5.41, 5.74) is 0. The molecule has 1 aromatic heterocycles. The maximum atomic E-state index is 4.65. The van der Waals surface area contributed by atoms with E-state index in [2.05, 4.69) is 49.3 Å². The van der Waals surface area contributed by atoms with Gasteiger partial charge in [0.2, 0.25) is 0 Å². The van der Waals surface area contributed by atoms with Crippen molar-refractivity contribution in [3.05, 3.63) is 10.8 Å². The molecular weight excluding hydrogens is 218 g/mol. The van der Waals surface area contributed by atoms with E-state index in [9.17, 15) is 0 Å². The Kier molecular flexibility index (Phi) is 5.35. The van der Waals surface area contributed by atoms with Crippen molar-refractivity contribution in [1.29, 1.82) is 0 Å². The normalized spacial score (nSPS) is 15.4. The van der Waals surface area contributed by atoms with Crippen LogP contribution in [-0.2, 0) is 0 Å². The monoisotopic (exact) mass is 241 g/mol. The standard InChI is InChI=1S/C12H23N3S/c1-6-10(9(5)13-7-2)12-14-11(8(3)4)15-16-12/h8-10,13H,6-7H2,1-5H3. The predicted molar refractivity (Wildman–Crippen MR) is 70.2 cm³/mol. The van der Waals surface area contributed by atoms with Gasteiger partial charge in [-0.05, 0) is 31.4 Å². The molecule has 0 radical (unpaired) electrons. The lowest BCUT2D eigenvalue weighted by atomic mass is 9.99. The summed E-state index contributed by atoms with van der Waals surface area (Å²) in [6.45, 7) is 11.9. The molecule has 3 nitrogen and oxygen atoms in total. The molecular formula is C12H23N3S. The molecule has 0 aliphatic rings. The SMILES string of the molecule is CCNC(C)C(CC)c1nc(C(C)C)ns1. The Bertz CT molecular complexity index is 309. The first-order valence-corrected chi connectivity index (χ1v) is 6.94. The van der Waals surface area contributed by atoms with Crippen LogP contribution >= 0.6 is 11.5 Å². The van der Waals surface area contributed by atoms with Crippen molar-refractivity contribution in [1.82, 2.24) is 14.7 Å². The van der Waals surface area contributed by atoms with Crippen LogP contribution in [-0.4, -0.2) is 21.9 Å². The van der Waals surface area contributed by atoms with Gasteiger partial charge in [-0.25, -0.2) is 4.98 Å². The Morgan fingerprint density at radius 2 is 1.94 bits per heavy atom. The number of likely N-dealkylation sites (N-methyl/N-ethyl adjacent to an activating group) is 1. The van der Waals surface area contributed by atoms with Crippen LogP contribution in [0.4, 0.5) is 0 Å². The second-order valence-electron chi connectivity index (χ2n) is 4.51. The number of aromatic nitrogens is 2. The highest BCUT2D eigenvalue weighted by Crippen LogP contribution is 2.26. The second kappa shape index (κ2) is 6.30. The van der Waals surface area contributed by atoms with Crippen molar-refractivity contribution in [2.45, 2.75) is 58.9 Å². The van der Waals surface area contributed by atoms with Crippen molar-refractivity contribution < 1.29 is 0 Å². The van der Waals surface area contributed by atoms with E-state index in [1.54, 1.807) is 11.5 Å². The Morgan fingerprint density at radius 1 is 1.25 bits per heavy atom. The largest absolute Gasteiger partial charge is 0.314 e. The summed E-state index contributed by atoms with van der Waals surface area (Å²) >= 11 is 1.56. The van der Waals surface area contributed by atoms with Gasteiger partial charge in [-0.2, -0.15) is 4.37 Å². The molecule has 1 N–H and O–H groups in total. The summed E-state index contributed by atoms with van der Waals surface area (Å²) in [5.74, 6) is 1.91. The quantitative estimate of drug-likeness (QED) is 0.831. The lowest BCUT2D eigenvalue weighted by Gasteiger charge is -2.20. The Hall–Kier alpha value is -0.480. The van der Waals surface area contributed by atoms with Crippen LogP contribution in [0.5, 0.6) is 0 Å². The average molecular weight is 241 g/mol. The first-order valence-electron chi connectivity index (χ1n) is 6.16. The van der Waals surface area contributed by atoms with Gasteiger partial charge in [-0.1, -0.05) is 27.7 Å². The van der Waals surface area contributed by atoms with Gasteiger partial charge in [0.25, 0.3) is 0 Å². The molecule has 0 spiro atoms. The topological polar surface area (TPSA) is 37.8 Å². The third kappa shape index (κ3) is 3.25. The van der Waals surface area contributed by atoms with E-state index in [0.717, 1.165) is 18.8 Å². The van der Waals surface area contributed by atoms with Gasteiger partial charge in [-0.15, -0.1) is 0 Å². The molecule has 0 saturated heterocycles. The van der Waals surface area contributed by atoms with Crippen molar-refractivity contribution in [3.63, 3.8) is 0 Å². The molecule has 0 aromatic carbocycles. The molecule has 4 heteroatoms. The van der Waals surface area contributed by atoms with Crippen molar-refractivity contribution in [3.8, 4) is 0 Å². The van der Waals surface area contributed by atoms with E-state index in [0.29, 0.717) is 17.9 Å². The van der Waals surface area contributed by atoms with Crippen molar-refractivity contribution in [2.75, 3.05) is 6.54 Å². The van der Waals surface area contributed by atoms with Gasteiger partial charge >= 0.3 is 0 Å². The molecule has 2 atom stereocenters. The molecule has 0 fully saturated rings. The van der Waals surface area contributed by atoms with Crippen molar-refractivity contribution >= 4 is 11.5 Å². The predicted octanol–water partition coefficient (Wildman–Crippen LogP) is 3.15. The third-order valence-electron chi connectivity index (χ3n) is 2.86. The van der Waals surface area contributed by atoms with Gasteiger partial charge in [0, 0.05) is 17.9 Å². The molecule has 1 rings (SSSR count). The van der Waals surface area contributed by atoms with Crippen LogP contribution in [0.2, 0.25) is 0 Å². The minimum atomic E-state index is 0.428. The van der Waals surface area contributed by atoms with Gasteiger partial charge in [0.15, 0.2) is 0 Å². The Labute approximate surface area is 103 Å². The molecule has 0 aliphatic heterocycles. The summed E-state index contributed by atoms with van der Waals surface area (Å²) in [5, 5.41) is 4.65. The molecule has 92 valence electrons. The zero-order valence-corrected chi connectivity index (χ0v) is 11.8. The van der Waals surface area contributed by atoms with E-state index in [4.69, 9.17) is 0 Å². The smallest absolute Gasteiger partial charge is 0.145 e. The lowest BCUT2D eigenvalue weighted by molar-refractivity contribution is 0.458. The third-order valence-corrected chi connectivity index (χ3v) is 3.72. The maximum absolute atomic E-state index is 4.65. The molecule has 0 amide bonds. The molecule has 2 unspecified atom stereocenters. The molecule has 0 aliphatic carbocycles. The zero-order chi connectivity index (χ0) is 12.1. The fraction of sp³-hybridized carbons (Fsp3) is 0.833. The van der Waals surface area contributed by atoms with Crippen LogP contribution in [0.3, 0.4) is 0 Å². The van der Waals surface area contributed by atoms with E-state index >= 15 is 0 Å². The molecule has 1 heterocycles. The highest BCUT2D eigenvalue weighted by molar-refractivity contribution is 7.05. The van der Waals surface area contributed by atoms with Crippen LogP contribution in [0, 0.1) is 0 Å². The van der Waals surface area contributed by atoms with E-state index < -0.39 is 0 Å². The van der Waals surface area contributed by atoms with Gasteiger partial charge in [-0.3, -0.25) is 0 Å². The first-order chi connectivity index (χ1) is 7.60. The highest BCUT2D eigenvalue weighted by atomic mass is 32.1. The summed E-state index contributed by atoms with van der Waals surface area (Å²) in [6, 6.07) is 0.475. The summed E-state index contributed by atoms with van der Waals surface area (Å²) in [4.78, 5) is 4.65. The Balaban J connectivity index is 2.78. The van der Waals surface area contributed by atoms with Gasteiger partial charge < -0.3 is 5.32 Å². The zero-order valence-electron chi connectivity index (χ0n) is 10.9. The van der Waals surface area contributed by atoms with Crippen molar-refractivity contribution in [2.24, 2.45) is 0 Å². The number of rotatable bonds is 6. The number of nitrogens with one attached hydrogen (secondary N) is 1.